The first-order valence-corrected chi connectivity index (χ1v) is 6.81. The van der Waals surface area contributed by atoms with E-state index in [4.69, 9.17) is 0 Å². The molecule has 0 saturated heterocycles. The fourth-order valence-corrected chi connectivity index (χ4v) is 2.09. The number of ketones is 1. The number of hydrogen-bond acceptors (Lipinski definition) is 1. The molecule has 2 heteroatoms. The predicted molar refractivity (Wildman–Crippen MR) is 78.1 cm³/mol. The Balaban J connectivity index is 2.32. The van der Waals surface area contributed by atoms with Crippen molar-refractivity contribution in [3.05, 3.63) is 69.2 Å². The Morgan fingerprint density at radius 1 is 1.06 bits per heavy atom. The highest BCUT2D eigenvalue weighted by Gasteiger charge is 2.09. The van der Waals surface area contributed by atoms with Gasteiger partial charge in [-0.05, 0) is 42.7 Å². The smallest absolute Gasteiger partial charge is 0.193 e. The molecule has 0 spiro atoms. The molecule has 0 aliphatic rings. The van der Waals surface area contributed by atoms with Gasteiger partial charge in [-0.2, -0.15) is 0 Å². The molecule has 0 atom stereocenters. The highest BCUT2D eigenvalue weighted by Crippen LogP contribution is 2.19. The van der Waals surface area contributed by atoms with Crippen LogP contribution in [-0.4, -0.2) is 5.78 Å². The van der Waals surface area contributed by atoms with E-state index in [9.17, 15) is 4.79 Å². The van der Waals surface area contributed by atoms with Gasteiger partial charge in [0.05, 0.1) is 0 Å². The number of carbonyl (C=O) groups excluding carboxylic acids is 1. The van der Waals surface area contributed by atoms with Crippen LogP contribution in [0.4, 0.5) is 0 Å². The molecule has 1 nitrogen and oxygen atoms in total. The number of benzene rings is 2. The van der Waals surface area contributed by atoms with Gasteiger partial charge < -0.3 is 0 Å². The molecule has 0 radical (unpaired) electrons. The molecule has 92 valence electrons. The van der Waals surface area contributed by atoms with Crippen molar-refractivity contribution in [2.45, 2.75) is 20.3 Å². The summed E-state index contributed by atoms with van der Waals surface area (Å²) in [5.74, 6) is 0.0771. The summed E-state index contributed by atoms with van der Waals surface area (Å²) in [6, 6.07) is 13.5. The van der Waals surface area contributed by atoms with Crippen LogP contribution in [0.5, 0.6) is 0 Å². The Morgan fingerprint density at radius 3 is 2.22 bits per heavy atom. The molecule has 0 aliphatic carbocycles. The maximum absolute atomic E-state index is 12.3. The van der Waals surface area contributed by atoms with Gasteiger partial charge in [-0.1, -0.05) is 47.1 Å². The van der Waals surface area contributed by atoms with Crippen LogP contribution in [-0.2, 0) is 6.42 Å². The van der Waals surface area contributed by atoms with E-state index in [1.165, 1.54) is 5.56 Å². The average Bonchev–Trinajstić information content (AvgIpc) is 2.41. The van der Waals surface area contributed by atoms with E-state index in [1.807, 2.05) is 49.4 Å². The quantitative estimate of drug-likeness (QED) is 0.760. The molecule has 0 N–H and O–H groups in total. The number of aryl methyl sites for hydroxylation is 2. The Kier molecular flexibility index (Phi) is 3.97. The summed E-state index contributed by atoms with van der Waals surface area (Å²) in [4.78, 5) is 12.3. The normalized spacial score (nSPS) is 10.4. The first-order chi connectivity index (χ1) is 8.61. The Morgan fingerprint density at radius 2 is 1.67 bits per heavy atom. The zero-order valence-corrected chi connectivity index (χ0v) is 12.1. The van der Waals surface area contributed by atoms with E-state index >= 15 is 0 Å². The van der Waals surface area contributed by atoms with Crippen LogP contribution in [0, 0.1) is 6.92 Å². The summed E-state index contributed by atoms with van der Waals surface area (Å²) in [5.41, 5.74) is 3.80. The van der Waals surface area contributed by atoms with Gasteiger partial charge in [0.2, 0.25) is 0 Å². The number of halogens is 1. The maximum Gasteiger partial charge on any atom is 0.193 e. The second-order valence-electron chi connectivity index (χ2n) is 4.34. The van der Waals surface area contributed by atoms with E-state index < -0.39 is 0 Å². The standard InChI is InChI=1S/C16H15BrO/c1-3-12-4-6-13(7-5-12)16(18)14-8-9-15(17)11(2)10-14/h4-10H,3H2,1-2H3. The number of rotatable bonds is 3. The van der Waals surface area contributed by atoms with Crippen LogP contribution in [0.1, 0.15) is 34.0 Å². The van der Waals surface area contributed by atoms with Gasteiger partial charge in [-0.25, -0.2) is 0 Å². The van der Waals surface area contributed by atoms with Crippen molar-refractivity contribution >= 4 is 21.7 Å². The van der Waals surface area contributed by atoms with Crippen LogP contribution in [0.25, 0.3) is 0 Å². The molecule has 18 heavy (non-hydrogen) atoms. The fourth-order valence-electron chi connectivity index (χ4n) is 1.84. The topological polar surface area (TPSA) is 17.1 Å². The molecule has 2 aromatic rings. The Labute approximate surface area is 116 Å². The highest BCUT2D eigenvalue weighted by molar-refractivity contribution is 9.10. The van der Waals surface area contributed by atoms with Crippen LogP contribution >= 0.6 is 15.9 Å². The van der Waals surface area contributed by atoms with Gasteiger partial charge in [-0.15, -0.1) is 0 Å². The van der Waals surface area contributed by atoms with Crippen molar-refractivity contribution in [1.82, 2.24) is 0 Å². The third-order valence-corrected chi connectivity index (χ3v) is 3.93. The molecular formula is C16H15BrO. The monoisotopic (exact) mass is 302 g/mol. The molecule has 2 aromatic carbocycles. The van der Waals surface area contributed by atoms with E-state index in [1.54, 1.807) is 0 Å². The van der Waals surface area contributed by atoms with E-state index in [0.29, 0.717) is 0 Å². The molecule has 0 amide bonds. The lowest BCUT2D eigenvalue weighted by Gasteiger charge is -2.05. The number of carbonyl (C=O) groups is 1. The van der Waals surface area contributed by atoms with Crippen molar-refractivity contribution in [2.75, 3.05) is 0 Å². The number of hydrogen-bond donors (Lipinski definition) is 0. The molecule has 0 heterocycles. The lowest BCUT2D eigenvalue weighted by Crippen LogP contribution is -2.01. The van der Waals surface area contributed by atoms with Crippen molar-refractivity contribution in [3.63, 3.8) is 0 Å². The largest absolute Gasteiger partial charge is 0.289 e. The molecule has 0 bridgehead atoms. The summed E-state index contributed by atoms with van der Waals surface area (Å²) in [5, 5.41) is 0. The van der Waals surface area contributed by atoms with Crippen molar-refractivity contribution in [2.24, 2.45) is 0 Å². The SMILES string of the molecule is CCc1ccc(C(=O)c2ccc(Br)c(C)c2)cc1. The first-order valence-electron chi connectivity index (χ1n) is 6.01. The molecule has 0 aromatic heterocycles. The third kappa shape index (κ3) is 2.70. The molecule has 0 saturated carbocycles. The first kappa shape index (κ1) is 13.0. The average molecular weight is 303 g/mol. The fraction of sp³-hybridized carbons (Fsp3) is 0.188. The van der Waals surface area contributed by atoms with Crippen molar-refractivity contribution < 1.29 is 4.79 Å². The van der Waals surface area contributed by atoms with E-state index in [2.05, 4.69) is 22.9 Å². The minimum atomic E-state index is 0.0771. The Bertz CT molecular complexity index is 570. The van der Waals surface area contributed by atoms with Crippen molar-refractivity contribution in [1.29, 1.82) is 0 Å². The minimum Gasteiger partial charge on any atom is -0.289 e. The maximum atomic E-state index is 12.3. The minimum absolute atomic E-state index is 0.0771. The molecule has 0 unspecified atom stereocenters. The zero-order valence-electron chi connectivity index (χ0n) is 10.5. The summed E-state index contributed by atoms with van der Waals surface area (Å²) in [6.07, 6.45) is 0.992. The van der Waals surface area contributed by atoms with E-state index in [-0.39, 0.29) is 5.78 Å². The van der Waals surface area contributed by atoms with Gasteiger partial charge in [0.15, 0.2) is 5.78 Å². The van der Waals surface area contributed by atoms with Gasteiger partial charge in [0, 0.05) is 15.6 Å². The zero-order chi connectivity index (χ0) is 13.1. The summed E-state index contributed by atoms with van der Waals surface area (Å²) >= 11 is 3.44. The van der Waals surface area contributed by atoms with Crippen molar-refractivity contribution in [3.8, 4) is 0 Å². The molecule has 0 fully saturated rings. The lowest BCUT2D eigenvalue weighted by molar-refractivity contribution is 0.103. The van der Waals surface area contributed by atoms with Gasteiger partial charge in [0.1, 0.15) is 0 Å². The second-order valence-corrected chi connectivity index (χ2v) is 5.20. The second kappa shape index (κ2) is 5.49. The summed E-state index contributed by atoms with van der Waals surface area (Å²) in [7, 11) is 0. The van der Waals surface area contributed by atoms with E-state index in [0.717, 1.165) is 27.6 Å². The van der Waals surface area contributed by atoms with Crippen LogP contribution in [0.15, 0.2) is 46.9 Å². The molecular weight excluding hydrogens is 288 g/mol. The summed E-state index contributed by atoms with van der Waals surface area (Å²) in [6.45, 7) is 4.09. The molecule has 0 aliphatic heterocycles. The Hall–Kier alpha value is -1.41. The lowest BCUT2D eigenvalue weighted by atomic mass is 10.0. The molecule has 2 rings (SSSR count). The third-order valence-electron chi connectivity index (χ3n) is 3.04. The van der Waals surface area contributed by atoms with Gasteiger partial charge in [0.25, 0.3) is 0 Å². The van der Waals surface area contributed by atoms with Crippen LogP contribution in [0.3, 0.4) is 0 Å². The van der Waals surface area contributed by atoms with Crippen LogP contribution in [0.2, 0.25) is 0 Å². The summed E-state index contributed by atoms with van der Waals surface area (Å²) < 4.78 is 1.03. The van der Waals surface area contributed by atoms with Crippen LogP contribution < -0.4 is 0 Å². The van der Waals surface area contributed by atoms with Gasteiger partial charge >= 0.3 is 0 Å². The van der Waals surface area contributed by atoms with Gasteiger partial charge in [-0.3, -0.25) is 4.79 Å². The predicted octanol–water partition coefficient (Wildman–Crippen LogP) is 4.55. The highest BCUT2D eigenvalue weighted by atomic mass is 79.9.